The quantitative estimate of drug-likeness (QED) is 0.768. The maximum atomic E-state index is 11.9. The van der Waals surface area contributed by atoms with Crippen LogP contribution in [-0.4, -0.2) is 26.2 Å². The van der Waals surface area contributed by atoms with Gasteiger partial charge < -0.3 is 15.4 Å². The molecule has 1 aromatic heterocycles. The topological polar surface area (TPSA) is 81.1 Å². The molecule has 25 heavy (non-hydrogen) atoms. The standard InChI is InChI=1S/C20H19N3O2/c1-23-12-11-22-18(23)15-9-7-14(8-10-15)17-16(20(17,25)19(21)24)13-5-3-2-4-6-13/h2-12,16-17,25H,1H3,(H2,21,24). The number of amides is 1. The monoisotopic (exact) mass is 333 g/mol. The number of aliphatic hydroxyl groups is 1. The Kier molecular flexibility index (Phi) is 3.47. The highest BCUT2D eigenvalue weighted by Crippen LogP contribution is 2.63. The molecular formula is C20H19N3O2. The van der Waals surface area contributed by atoms with E-state index in [0.717, 1.165) is 22.5 Å². The van der Waals surface area contributed by atoms with Gasteiger partial charge in [-0.25, -0.2) is 4.98 Å². The van der Waals surface area contributed by atoms with Crippen molar-refractivity contribution in [2.45, 2.75) is 17.4 Å². The highest BCUT2D eigenvalue weighted by atomic mass is 16.3. The lowest BCUT2D eigenvalue weighted by Crippen LogP contribution is -2.33. The second kappa shape index (κ2) is 5.57. The normalized spacial score (nSPS) is 24.9. The average Bonchev–Trinajstić information content (AvgIpc) is 3.05. The number of hydrogen-bond donors (Lipinski definition) is 2. The predicted octanol–water partition coefficient (Wildman–Crippen LogP) is 2.18. The number of aryl methyl sites for hydroxylation is 1. The zero-order valence-corrected chi connectivity index (χ0v) is 13.8. The molecule has 3 aromatic rings. The molecule has 0 spiro atoms. The number of hydrogen-bond acceptors (Lipinski definition) is 3. The van der Waals surface area contributed by atoms with Gasteiger partial charge in [-0.3, -0.25) is 4.79 Å². The minimum absolute atomic E-state index is 0.315. The molecule has 5 heteroatoms. The molecule has 1 heterocycles. The van der Waals surface area contributed by atoms with Gasteiger partial charge in [-0.1, -0.05) is 54.6 Å². The number of benzene rings is 2. The fourth-order valence-electron chi connectivity index (χ4n) is 3.72. The summed E-state index contributed by atoms with van der Waals surface area (Å²) in [6.07, 6.45) is 3.64. The molecular weight excluding hydrogens is 314 g/mol. The van der Waals surface area contributed by atoms with Crippen LogP contribution in [0, 0.1) is 0 Å². The Morgan fingerprint density at radius 2 is 1.68 bits per heavy atom. The Hall–Kier alpha value is -2.92. The molecule has 2 aromatic carbocycles. The predicted molar refractivity (Wildman–Crippen MR) is 94.7 cm³/mol. The summed E-state index contributed by atoms with van der Waals surface area (Å²) in [6.45, 7) is 0. The summed E-state index contributed by atoms with van der Waals surface area (Å²) in [5, 5.41) is 10.8. The third-order valence-electron chi connectivity index (χ3n) is 5.08. The van der Waals surface area contributed by atoms with Gasteiger partial charge in [-0.05, 0) is 11.1 Å². The summed E-state index contributed by atoms with van der Waals surface area (Å²) in [7, 11) is 1.94. The Bertz CT molecular complexity index is 918. The van der Waals surface area contributed by atoms with Crippen LogP contribution in [0.4, 0.5) is 0 Å². The SMILES string of the molecule is Cn1ccnc1-c1ccc(C2C(c3ccccc3)C2(O)C(N)=O)cc1. The highest BCUT2D eigenvalue weighted by molar-refractivity contribution is 5.91. The number of aromatic nitrogens is 2. The molecule has 0 radical (unpaired) electrons. The van der Waals surface area contributed by atoms with Crippen molar-refractivity contribution in [1.82, 2.24) is 9.55 Å². The largest absolute Gasteiger partial charge is 0.379 e. The molecule has 0 saturated heterocycles. The van der Waals surface area contributed by atoms with Crippen molar-refractivity contribution in [1.29, 1.82) is 0 Å². The lowest BCUT2D eigenvalue weighted by molar-refractivity contribution is -0.128. The summed E-state index contributed by atoms with van der Waals surface area (Å²) in [6, 6.07) is 17.3. The Morgan fingerprint density at radius 3 is 2.20 bits per heavy atom. The fraction of sp³-hybridized carbons (Fsp3) is 0.200. The van der Waals surface area contributed by atoms with Crippen LogP contribution < -0.4 is 5.73 Å². The Morgan fingerprint density at radius 1 is 1.08 bits per heavy atom. The molecule has 3 unspecified atom stereocenters. The van der Waals surface area contributed by atoms with Crippen LogP contribution in [0.3, 0.4) is 0 Å². The van der Waals surface area contributed by atoms with E-state index in [1.54, 1.807) is 6.20 Å². The number of primary amides is 1. The summed E-state index contributed by atoms with van der Waals surface area (Å²) in [5.41, 5.74) is 6.77. The molecule has 3 atom stereocenters. The zero-order chi connectivity index (χ0) is 17.6. The Balaban J connectivity index is 1.69. The lowest BCUT2D eigenvalue weighted by Gasteiger charge is -2.07. The van der Waals surface area contributed by atoms with Gasteiger partial charge in [0.2, 0.25) is 0 Å². The van der Waals surface area contributed by atoms with E-state index in [1.807, 2.05) is 72.4 Å². The van der Waals surface area contributed by atoms with Gasteiger partial charge in [-0.2, -0.15) is 0 Å². The van der Waals surface area contributed by atoms with Crippen LogP contribution in [0.5, 0.6) is 0 Å². The average molecular weight is 333 g/mol. The van der Waals surface area contributed by atoms with E-state index in [1.165, 1.54) is 0 Å². The molecule has 1 aliphatic rings. The third-order valence-corrected chi connectivity index (χ3v) is 5.08. The van der Waals surface area contributed by atoms with E-state index in [-0.39, 0.29) is 11.8 Å². The van der Waals surface area contributed by atoms with Crippen LogP contribution in [-0.2, 0) is 11.8 Å². The molecule has 1 amide bonds. The van der Waals surface area contributed by atoms with Crippen LogP contribution in [0.2, 0.25) is 0 Å². The van der Waals surface area contributed by atoms with Gasteiger partial charge in [0.25, 0.3) is 5.91 Å². The van der Waals surface area contributed by atoms with Crippen molar-refractivity contribution in [2.75, 3.05) is 0 Å². The molecule has 5 nitrogen and oxygen atoms in total. The van der Waals surface area contributed by atoms with Crippen LogP contribution in [0.25, 0.3) is 11.4 Å². The first kappa shape index (κ1) is 15.6. The number of imidazole rings is 1. The molecule has 1 saturated carbocycles. The summed E-state index contributed by atoms with van der Waals surface area (Å²) in [4.78, 5) is 16.2. The maximum absolute atomic E-state index is 11.9. The first-order valence-electron chi connectivity index (χ1n) is 8.18. The van der Waals surface area contributed by atoms with Gasteiger partial charge >= 0.3 is 0 Å². The number of carbonyl (C=O) groups is 1. The molecule has 4 rings (SSSR count). The van der Waals surface area contributed by atoms with Crippen LogP contribution in [0.1, 0.15) is 23.0 Å². The molecule has 126 valence electrons. The van der Waals surface area contributed by atoms with Crippen LogP contribution in [0.15, 0.2) is 67.0 Å². The fourth-order valence-corrected chi connectivity index (χ4v) is 3.72. The van der Waals surface area contributed by atoms with Crippen molar-refractivity contribution in [3.8, 4) is 11.4 Å². The smallest absolute Gasteiger partial charge is 0.250 e. The first-order valence-corrected chi connectivity index (χ1v) is 8.18. The van der Waals surface area contributed by atoms with Crippen molar-refractivity contribution in [3.63, 3.8) is 0 Å². The zero-order valence-electron chi connectivity index (χ0n) is 13.8. The maximum Gasteiger partial charge on any atom is 0.250 e. The molecule has 0 aliphatic heterocycles. The number of rotatable bonds is 4. The van der Waals surface area contributed by atoms with Crippen molar-refractivity contribution in [3.05, 3.63) is 78.1 Å². The molecule has 1 aliphatic carbocycles. The number of carbonyl (C=O) groups excluding carboxylic acids is 1. The Labute approximate surface area is 145 Å². The van der Waals surface area contributed by atoms with Gasteiger partial charge in [0.15, 0.2) is 5.60 Å². The first-order chi connectivity index (χ1) is 12.0. The van der Waals surface area contributed by atoms with Gasteiger partial charge in [0.05, 0.1) is 0 Å². The minimum Gasteiger partial charge on any atom is -0.379 e. The van der Waals surface area contributed by atoms with E-state index in [0.29, 0.717) is 0 Å². The van der Waals surface area contributed by atoms with E-state index in [2.05, 4.69) is 4.98 Å². The minimum atomic E-state index is -1.54. The van der Waals surface area contributed by atoms with E-state index in [9.17, 15) is 9.90 Å². The summed E-state index contributed by atoms with van der Waals surface area (Å²) >= 11 is 0. The number of nitrogens with two attached hydrogens (primary N) is 1. The summed E-state index contributed by atoms with van der Waals surface area (Å²) in [5.74, 6) is -0.459. The number of nitrogens with zero attached hydrogens (tertiary/aromatic N) is 2. The van der Waals surface area contributed by atoms with E-state index < -0.39 is 11.5 Å². The van der Waals surface area contributed by atoms with Gasteiger partial charge in [0.1, 0.15) is 5.82 Å². The van der Waals surface area contributed by atoms with E-state index in [4.69, 9.17) is 5.73 Å². The second-order valence-corrected chi connectivity index (χ2v) is 6.54. The van der Waals surface area contributed by atoms with Crippen molar-refractivity contribution in [2.24, 2.45) is 12.8 Å². The van der Waals surface area contributed by atoms with Crippen molar-refractivity contribution >= 4 is 5.91 Å². The lowest BCUT2D eigenvalue weighted by atomic mass is 10.0. The molecule has 1 fully saturated rings. The van der Waals surface area contributed by atoms with Crippen molar-refractivity contribution < 1.29 is 9.90 Å². The van der Waals surface area contributed by atoms with Crippen LogP contribution >= 0.6 is 0 Å². The second-order valence-electron chi connectivity index (χ2n) is 6.54. The highest BCUT2D eigenvalue weighted by Gasteiger charge is 2.69. The van der Waals surface area contributed by atoms with Gasteiger partial charge in [0, 0.05) is 36.8 Å². The third kappa shape index (κ3) is 2.36. The summed E-state index contributed by atoms with van der Waals surface area (Å²) < 4.78 is 1.94. The van der Waals surface area contributed by atoms with Gasteiger partial charge in [-0.15, -0.1) is 0 Å². The van der Waals surface area contributed by atoms with E-state index >= 15 is 0 Å². The molecule has 0 bridgehead atoms. The molecule has 3 N–H and O–H groups in total.